The van der Waals surface area contributed by atoms with E-state index in [0.29, 0.717) is 38.4 Å². The summed E-state index contributed by atoms with van der Waals surface area (Å²) < 4.78 is 37.5. The molecule has 24 heavy (non-hydrogen) atoms. The maximum absolute atomic E-state index is 12.9. The van der Waals surface area contributed by atoms with Crippen molar-refractivity contribution < 1.29 is 22.7 Å². The first kappa shape index (κ1) is 18.7. The van der Waals surface area contributed by atoms with E-state index in [1.165, 1.54) is 17.5 Å². The molecule has 0 atom stereocenters. The summed E-state index contributed by atoms with van der Waals surface area (Å²) >= 11 is 0. The molecule has 1 amide bonds. The first-order chi connectivity index (χ1) is 11.5. The molecular formula is C16H24N2O5S. The van der Waals surface area contributed by atoms with Crippen molar-refractivity contribution in [2.45, 2.75) is 24.7 Å². The van der Waals surface area contributed by atoms with Crippen LogP contribution in [0.2, 0.25) is 0 Å². The Morgan fingerprint density at radius 2 is 2.04 bits per heavy atom. The Hall–Kier alpha value is -1.64. The van der Waals surface area contributed by atoms with Gasteiger partial charge in [0, 0.05) is 19.6 Å². The predicted octanol–water partition coefficient (Wildman–Crippen LogP) is 0.785. The minimum absolute atomic E-state index is 0.0905. The molecule has 1 fully saturated rings. The second-order valence-corrected chi connectivity index (χ2v) is 7.43. The van der Waals surface area contributed by atoms with Gasteiger partial charge in [0.05, 0.1) is 26.7 Å². The van der Waals surface area contributed by atoms with Crippen LogP contribution in [-0.2, 0) is 26.0 Å². The number of ether oxygens (including phenoxy) is 2. The van der Waals surface area contributed by atoms with E-state index in [9.17, 15) is 13.2 Å². The van der Waals surface area contributed by atoms with Gasteiger partial charge < -0.3 is 14.8 Å². The van der Waals surface area contributed by atoms with Gasteiger partial charge in [-0.1, -0.05) is 13.0 Å². The lowest BCUT2D eigenvalue weighted by Crippen LogP contribution is -2.40. The van der Waals surface area contributed by atoms with Crippen LogP contribution in [0.4, 0.5) is 0 Å². The lowest BCUT2D eigenvalue weighted by atomic mass is 10.1. The van der Waals surface area contributed by atoms with Gasteiger partial charge in [-0.05, 0) is 24.1 Å². The van der Waals surface area contributed by atoms with Crippen molar-refractivity contribution in [3.63, 3.8) is 0 Å². The summed E-state index contributed by atoms with van der Waals surface area (Å²) in [6, 6.07) is 4.83. The van der Waals surface area contributed by atoms with E-state index in [2.05, 4.69) is 5.32 Å². The quantitative estimate of drug-likeness (QED) is 0.781. The minimum Gasteiger partial charge on any atom is -0.495 e. The largest absolute Gasteiger partial charge is 0.495 e. The molecule has 1 N–H and O–H groups in total. The molecule has 8 heteroatoms. The number of rotatable bonds is 7. The molecule has 0 aromatic heterocycles. The zero-order valence-corrected chi connectivity index (χ0v) is 14.9. The van der Waals surface area contributed by atoms with E-state index >= 15 is 0 Å². The van der Waals surface area contributed by atoms with Crippen LogP contribution < -0.4 is 10.1 Å². The van der Waals surface area contributed by atoms with Crippen LogP contribution >= 0.6 is 0 Å². The average molecular weight is 356 g/mol. The topological polar surface area (TPSA) is 84.9 Å². The van der Waals surface area contributed by atoms with Crippen LogP contribution in [0.25, 0.3) is 0 Å². The zero-order valence-electron chi connectivity index (χ0n) is 14.1. The first-order valence-corrected chi connectivity index (χ1v) is 9.44. The molecule has 0 spiro atoms. The molecule has 1 aliphatic heterocycles. The number of sulfonamides is 1. The molecule has 7 nitrogen and oxygen atoms in total. The number of carbonyl (C=O) groups is 1. The van der Waals surface area contributed by atoms with Gasteiger partial charge in [-0.25, -0.2) is 8.42 Å². The number of hydrogen-bond donors (Lipinski definition) is 1. The SMILES string of the molecule is CCCNC(=O)Cc1ccc(OC)c(S(=O)(=O)N2CCOCC2)c1. The molecule has 0 unspecified atom stereocenters. The van der Waals surface area contributed by atoms with Crippen LogP contribution in [0.1, 0.15) is 18.9 Å². The highest BCUT2D eigenvalue weighted by Gasteiger charge is 2.29. The van der Waals surface area contributed by atoms with Crippen molar-refractivity contribution >= 4 is 15.9 Å². The van der Waals surface area contributed by atoms with Gasteiger partial charge in [0.25, 0.3) is 0 Å². The second kappa shape index (κ2) is 8.46. The third-order valence-corrected chi connectivity index (χ3v) is 5.67. The predicted molar refractivity (Wildman–Crippen MR) is 89.6 cm³/mol. The Kier molecular flexibility index (Phi) is 6.59. The smallest absolute Gasteiger partial charge is 0.246 e. The standard InChI is InChI=1S/C16H24N2O5S/c1-3-6-17-16(19)12-13-4-5-14(22-2)15(11-13)24(20,21)18-7-9-23-10-8-18/h4-5,11H,3,6-10,12H2,1-2H3,(H,17,19). The van der Waals surface area contributed by atoms with E-state index in [4.69, 9.17) is 9.47 Å². The highest BCUT2D eigenvalue weighted by atomic mass is 32.2. The summed E-state index contributed by atoms with van der Waals surface area (Å²) in [5, 5.41) is 2.78. The fourth-order valence-electron chi connectivity index (χ4n) is 2.47. The van der Waals surface area contributed by atoms with Gasteiger partial charge in [-0.3, -0.25) is 4.79 Å². The molecule has 134 valence electrons. The maximum Gasteiger partial charge on any atom is 0.246 e. The molecule has 1 saturated heterocycles. The second-order valence-electron chi connectivity index (χ2n) is 5.53. The molecular weight excluding hydrogens is 332 g/mol. The van der Waals surface area contributed by atoms with Crippen molar-refractivity contribution in [2.24, 2.45) is 0 Å². The van der Waals surface area contributed by atoms with Crippen LogP contribution in [0.5, 0.6) is 5.75 Å². The van der Waals surface area contributed by atoms with Crippen molar-refractivity contribution in [1.82, 2.24) is 9.62 Å². The number of nitrogens with one attached hydrogen (secondary N) is 1. The van der Waals surface area contributed by atoms with Crippen LogP contribution in [0, 0.1) is 0 Å². The summed E-state index contributed by atoms with van der Waals surface area (Å²) in [5.74, 6) is 0.149. The Balaban J connectivity index is 2.26. The molecule has 1 heterocycles. The first-order valence-electron chi connectivity index (χ1n) is 8.00. The number of amides is 1. The average Bonchev–Trinajstić information content (AvgIpc) is 2.60. The number of methoxy groups -OCH3 is 1. The number of carbonyl (C=O) groups excluding carboxylic acids is 1. The van der Waals surface area contributed by atoms with Crippen molar-refractivity contribution in [2.75, 3.05) is 40.0 Å². The Morgan fingerprint density at radius 1 is 1.33 bits per heavy atom. The number of nitrogens with zero attached hydrogens (tertiary/aromatic N) is 1. The fraction of sp³-hybridized carbons (Fsp3) is 0.562. The van der Waals surface area contributed by atoms with E-state index < -0.39 is 10.0 Å². The van der Waals surface area contributed by atoms with Gasteiger partial charge in [-0.2, -0.15) is 4.31 Å². The molecule has 2 rings (SSSR count). The van der Waals surface area contributed by atoms with Gasteiger partial charge in [0.15, 0.2) is 0 Å². The highest BCUT2D eigenvalue weighted by molar-refractivity contribution is 7.89. The van der Waals surface area contributed by atoms with Crippen LogP contribution in [-0.4, -0.2) is 58.6 Å². The van der Waals surface area contributed by atoms with Gasteiger partial charge >= 0.3 is 0 Å². The summed E-state index contributed by atoms with van der Waals surface area (Å²) in [6.45, 7) is 3.95. The van der Waals surface area contributed by atoms with Gasteiger partial charge in [-0.15, -0.1) is 0 Å². The molecule has 1 aromatic carbocycles. The number of hydrogen-bond acceptors (Lipinski definition) is 5. The third kappa shape index (κ3) is 4.46. The van der Waals surface area contributed by atoms with Crippen LogP contribution in [0.15, 0.2) is 23.1 Å². The van der Waals surface area contributed by atoms with Gasteiger partial charge in [0.2, 0.25) is 15.9 Å². The van der Waals surface area contributed by atoms with Crippen molar-refractivity contribution in [1.29, 1.82) is 0 Å². The molecule has 1 aromatic rings. The fourth-order valence-corrected chi connectivity index (χ4v) is 4.08. The van der Waals surface area contributed by atoms with E-state index in [0.717, 1.165) is 6.42 Å². The van der Waals surface area contributed by atoms with E-state index in [-0.39, 0.29) is 23.0 Å². The zero-order chi connectivity index (χ0) is 17.6. The lowest BCUT2D eigenvalue weighted by Gasteiger charge is -2.26. The van der Waals surface area contributed by atoms with E-state index in [1.54, 1.807) is 12.1 Å². The lowest BCUT2D eigenvalue weighted by molar-refractivity contribution is -0.120. The molecule has 0 saturated carbocycles. The van der Waals surface area contributed by atoms with Gasteiger partial charge in [0.1, 0.15) is 10.6 Å². The van der Waals surface area contributed by atoms with E-state index in [1.807, 2.05) is 6.92 Å². The highest BCUT2D eigenvalue weighted by Crippen LogP contribution is 2.28. The molecule has 1 aliphatic rings. The maximum atomic E-state index is 12.9. The summed E-state index contributed by atoms with van der Waals surface area (Å²) in [6.07, 6.45) is 0.987. The van der Waals surface area contributed by atoms with Crippen LogP contribution in [0.3, 0.4) is 0 Å². The van der Waals surface area contributed by atoms with Crippen molar-refractivity contribution in [3.05, 3.63) is 23.8 Å². The number of benzene rings is 1. The summed E-state index contributed by atoms with van der Waals surface area (Å²) in [4.78, 5) is 12.0. The Morgan fingerprint density at radius 3 is 2.67 bits per heavy atom. The summed E-state index contributed by atoms with van der Waals surface area (Å²) in [5.41, 5.74) is 0.635. The number of morpholine rings is 1. The Labute approximate surface area is 143 Å². The normalized spacial score (nSPS) is 15.9. The summed E-state index contributed by atoms with van der Waals surface area (Å²) in [7, 11) is -2.25. The third-order valence-electron chi connectivity index (χ3n) is 3.75. The minimum atomic E-state index is -3.68. The van der Waals surface area contributed by atoms with Crippen molar-refractivity contribution in [3.8, 4) is 5.75 Å². The molecule has 0 radical (unpaired) electrons. The Bertz CT molecular complexity index is 669. The molecule has 0 aliphatic carbocycles. The molecule has 0 bridgehead atoms. The monoisotopic (exact) mass is 356 g/mol.